The molecule has 2 unspecified atom stereocenters. The molecule has 0 fully saturated rings. The Balaban J connectivity index is 4.51. The summed E-state index contributed by atoms with van der Waals surface area (Å²) < 4.78 is 17.1. The molecule has 0 bridgehead atoms. The van der Waals surface area contributed by atoms with E-state index in [-0.39, 0.29) is 49.1 Å². The van der Waals surface area contributed by atoms with Crippen LogP contribution in [0.1, 0.15) is 129 Å². The van der Waals surface area contributed by atoms with Gasteiger partial charge in [-0.15, -0.1) is 0 Å². The number of hydrogen-bond donors (Lipinski definition) is 0. The summed E-state index contributed by atoms with van der Waals surface area (Å²) in [5.74, 6) is -1.85. The molecule has 0 spiro atoms. The molecule has 0 saturated heterocycles. The van der Waals surface area contributed by atoms with E-state index in [1.165, 1.54) is 0 Å². The minimum atomic E-state index is -1.14. The van der Waals surface area contributed by atoms with E-state index in [9.17, 15) is 19.5 Å². The molecule has 0 aromatic carbocycles. The van der Waals surface area contributed by atoms with Crippen LogP contribution < -0.4 is 5.11 Å². The van der Waals surface area contributed by atoms with E-state index in [1.54, 1.807) is 21.1 Å². The van der Waals surface area contributed by atoms with Crippen molar-refractivity contribution in [3.63, 3.8) is 0 Å². The van der Waals surface area contributed by atoms with Crippen LogP contribution in [-0.4, -0.2) is 75.5 Å². The first-order valence-electron chi connectivity index (χ1n) is 23.5. The van der Waals surface area contributed by atoms with Gasteiger partial charge in [-0.3, -0.25) is 9.59 Å². The van der Waals surface area contributed by atoms with Gasteiger partial charge >= 0.3 is 11.9 Å². The smallest absolute Gasteiger partial charge is 0.306 e. The van der Waals surface area contributed by atoms with Crippen molar-refractivity contribution in [1.29, 1.82) is 0 Å². The zero-order valence-corrected chi connectivity index (χ0v) is 39.7. The molecule has 0 aromatic rings. The van der Waals surface area contributed by atoms with Gasteiger partial charge in [-0.05, 0) is 77.0 Å². The number of rotatable bonds is 39. The van der Waals surface area contributed by atoms with Gasteiger partial charge in [0.2, 0.25) is 0 Å². The molecule has 0 amide bonds. The highest BCUT2D eigenvalue weighted by molar-refractivity contribution is 5.70. The zero-order chi connectivity index (χ0) is 46.3. The molecule has 0 aliphatic rings. The van der Waals surface area contributed by atoms with Crippen molar-refractivity contribution in [2.75, 3.05) is 41.0 Å². The average molecular weight is 870 g/mol. The van der Waals surface area contributed by atoms with E-state index >= 15 is 0 Å². The third kappa shape index (κ3) is 42.3. The largest absolute Gasteiger partial charge is 0.544 e. The van der Waals surface area contributed by atoms with Gasteiger partial charge in [0.05, 0.1) is 40.3 Å². The second-order valence-electron chi connectivity index (χ2n) is 16.1. The van der Waals surface area contributed by atoms with Gasteiger partial charge in [0.15, 0.2) is 6.10 Å². The zero-order valence-electron chi connectivity index (χ0n) is 39.7. The molecule has 0 aliphatic carbocycles. The average Bonchev–Trinajstić information content (AvgIpc) is 3.24. The van der Waals surface area contributed by atoms with Crippen LogP contribution in [0.2, 0.25) is 0 Å². The molecule has 0 radical (unpaired) electrons. The van der Waals surface area contributed by atoms with Crippen molar-refractivity contribution >= 4 is 17.9 Å². The van der Waals surface area contributed by atoms with Crippen LogP contribution in [-0.2, 0) is 28.6 Å². The number of carboxylic acids is 1. The molecule has 0 aromatic heterocycles. The number of unbranched alkanes of at least 4 members (excludes halogenated alkanes) is 7. The Morgan fingerprint density at radius 2 is 0.921 bits per heavy atom. The number of nitrogens with zero attached hydrogens (tertiary/aromatic N) is 1. The predicted molar refractivity (Wildman–Crippen MR) is 263 cm³/mol. The maximum Gasteiger partial charge on any atom is 0.306 e. The third-order valence-corrected chi connectivity index (χ3v) is 9.42. The Bertz CT molecular complexity index is 1530. The van der Waals surface area contributed by atoms with Gasteiger partial charge in [0, 0.05) is 19.3 Å². The van der Waals surface area contributed by atoms with Gasteiger partial charge in [-0.2, -0.15) is 0 Å². The first kappa shape index (κ1) is 58.2. The van der Waals surface area contributed by atoms with Crippen molar-refractivity contribution in [3.8, 4) is 0 Å². The fourth-order valence-electron chi connectivity index (χ4n) is 5.84. The molecule has 0 N–H and O–H groups in total. The number of carboxylic acid groups (broad SMARTS) is 1. The SMILES string of the molecule is CC/C=C/C=C/C=C/C=C/C=C/C=C/C=C/CCCCCC(=O)OC(COCCC(C(=O)[O-])[N+](C)(C)C)COC(=O)CCCCCC/C=C/C/C=C/C/C=C/C/C=C/C/C=C/CC. The van der Waals surface area contributed by atoms with Crippen LogP contribution in [0, 0.1) is 0 Å². The molecule has 8 nitrogen and oxygen atoms in total. The minimum Gasteiger partial charge on any atom is -0.544 e. The summed E-state index contributed by atoms with van der Waals surface area (Å²) >= 11 is 0. The number of esters is 2. The van der Waals surface area contributed by atoms with Crippen LogP contribution in [0.5, 0.6) is 0 Å². The Labute approximate surface area is 383 Å². The normalized spacial score (nSPS) is 14.2. The predicted octanol–water partition coefficient (Wildman–Crippen LogP) is 12.0. The molecule has 63 heavy (non-hydrogen) atoms. The topological polar surface area (TPSA) is 102 Å². The summed E-state index contributed by atoms with van der Waals surface area (Å²) in [6.07, 6.45) is 64.4. The summed E-state index contributed by atoms with van der Waals surface area (Å²) in [6.45, 7) is 4.29. The number of likely N-dealkylation sites (N-methyl/N-ethyl adjacent to an activating group) is 1. The molecule has 350 valence electrons. The van der Waals surface area contributed by atoms with Crippen LogP contribution in [0.25, 0.3) is 0 Å². The monoisotopic (exact) mass is 870 g/mol. The molecule has 0 saturated carbocycles. The number of hydrogen-bond acceptors (Lipinski definition) is 7. The standard InChI is InChI=1S/C55H83NO7/c1-6-8-10-12-14-16-18-20-22-24-26-28-29-31-33-35-37-39-41-43-45-53(57)62-50-51(49-61-48-47-52(55(59)60)56(3,4)5)63-54(58)46-44-42-40-38-36-34-32-30-27-25-23-21-19-17-15-13-11-9-7-2/h8-11,13-17,19-23,25-28,30-34,36,51-52H,6-7,12,18,24,29,35,37-50H2,1-5H3/b10-8+,11-9+,15-13+,16-14+,19-17+,22-20+,23-21+,27-25+,28-26+,32-30+,33-31+,36-34+. The third-order valence-electron chi connectivity index (χ3n) is 9.42. The number of carbonyl (C=O) groups excluding carboxylic acids is 3. The molecule has 0 aliphatic heterocycles. The Morgan fingerprint density at radius 1 is 0.492 bits per heavy atom. The summed E-state index contributed by atoms with van der Waals surface area (Å²) in [4.78, 5) is 37.0. The highest BCUT2D eigenvalue weighted by Crippen LogP contribution is 2.11. The van der Waals surface area contributed by atoms with Gasteiger partial charge < -0.3 is 28.6 Å². The lowest BCUT2D eigenvalue weighted by Gasteiger charge is -2.34. The van der Waals surface area contributed by atoms with Crippen LogP contribution in [0.3, 0.4) is 0 Å². The fraction of sp³-hybridized carbons (Fsp3) is 0.509. The first-order chi connectivity index (χ1) is 30.6. The van der Waals surface area contributed by atoms with Crippen molar-refractivity contribution in [1.82, 2.24) is 0 Å². The first-order valence-corrected chi connectivity index (χ1v) is 23.5. The number of ether oxygens (including phenoxy) is 3. The van der Waals surface area contributed by atoms with Crippen molar-refractivity contribution < 1.29 is 38.2 Å². The maximum absolute atomic E-state index is 12.7. The Hall–Kier alpha value is -4.79. The van der Waals surface area contributed by atoms with Gasteiger partial charge in [0.1, 0.15) is 12.6 Å². The maximum atomic E-state index is 12.7. The lowest BCUT2D eigenvalue weighted by Crippen LogP contribution is -2.55. The number of carbonyl (C=O) groups is 3. The van der Waals surface area contributed by atoms with E-state index < -0.39 is 18.1 Å². The Kier molecular flexibility index (Phi) is 40.5. The van der Waals surface area contributed by atoms with Crippen LogP contribution in [0.15, 0.2) is 146 Å². The molecule has 0 rings (SSSR count). The highest BCUT2D eigenvalue weighted by atomic mass is 16.6. The lowest BCUT2D eigenvalue weighted by molar-refractivity contribution is -0.889. The van der Waals surface area contributed by atoms with E-state index in [0.717, 1.165) is 89.9 Å². The highest BCUT2D eigenvalue weighted by Gasteiger charge is 2.25. The second kappa shape index (κ2) is 43.8. The van der Waals surface area contributed by atoms with E-state index in [1.807, 2.05) is 72.9 Å². The molecule has 8 heteroatoms. The molecular formula is C55H83NO7. The lowest BCUT2D eigenvalue weighted by atomic mass is 10.1. The van der Waals surface area contributed by atoms with Crippen molar-refractivity contribution in [3.05, 3.63) is 146 Å². The minimum absolute atomic E-state index is 0.00135. The van der Waals surface area contributed by atoms with Gasteiger partial charge in [-0.25, -0.2) is 0 Å². The summed E-state index contributed by atoms with van der Waals surface area (Å²) in [5.41, 5.74) is 0. The van der Waals surface area contributed by atoms with E-state index in [2.05, 4.69) is 86.8 Å². The van der Waals surface area contributed by atoms with Crippen molar-refractivity contribution in [2.45, 2.75) is 142 Å². The second-order valence-corrected chi connectivity index (χ2v) is 16.1. The number of quaternary nitrogens is 1. The van der Waals surface area contributed by atoms with Gasteiger partial charge in [0.25, 0.3) is 0 Å². The number of aliphatic carboxylic acids is 1. The number of allylic oxidation sites excluding steroid dienone is 24. The Morgan fingerprint density at radius 3 is 1.43 bits per heavy atom. The van der Waals surface area contributed by atoms with Gasteiger partial charge in [-0.1, -0.05) is 179 Å². The fourth-order valence-corrected chi connectivity index (χ4v) is 5.84. The van der Waals surface area contributed by atoms with Crippen LogP contribution >= 0.6 is 0 Å². The summed E-state index contributed by atoms with van der Waals surface area (Å²) in [5, 5.41) is 11.6. The molecular weight excluding hydrogens is 787 g/mol. The summed E-state index contributed by atoms with van der Waals surface area (Å²) in [6, 6.07) is -0.750. The molecule has 2 atom stereocenters. The van der Waals surface area contributed by atoms with E-state index in [4.69, 9.17) is 14.2 Å². The van der Waals surface area contributed by atoms with Crippen LogP contribution in [0.4, 0.5) is 0 Å². The van der Waals surface area contributed by atoms with Crippen molar-refractivity contribution in [2.24, 2.45) is 0 Å². The quantitative estimate of drug-likeness (QED) is 0.0199. The molecule has 0 heterocycles. The summed E-state index contributed by atoms with van der Waals surface area (Å²) in [7, 11) is 5.36. The van der Waals surface area contributed by atoms with E-state index in [0.29, 0.717) is 12.8 Å².